The first kappa shape index (κ1) is 24.1. The van der Waals surface area contributed by atoms with E-state index >= 15 is 0 Å². The van der Waals surface area contributed by atoms with Gasteiger partial charge in [0.1, 0.15) is 0 Å². The molecule has 31 heavy (non-hydrogen) atoms. The number of carbonyl (C=O) groups excluding carboxylic acids is 4. The van der Waals surface area contributed by atoms with E-state index in [-0.39, 0.29) is 68.5 Å². The average molecular weight is 432 g/mol. The lowest BCUT2D eigenvalue weighted by Crippen LogP contribution is -2.25. The van der Waals surface area contributed by atoms with Gasteiger partial charge < -0.3 is 18.9 Å². The Bertz CT molecular complexity index is 867. The van der Waals surface area contributed by atoms with Crippen molar-refractivity contribution in [2.24, 2.45) is 0 Å². The molecule has 0 bridgehead atoms. The molecule has 0 heterocycles. The number of Topliss-reactive ketones (excluding diaryl/α,β-unsaturated/α-hetero) is 4. The van der Waals surface area contributed by atoms with E-state index in [9.17, 15) is 19.2 Å². The molecule has 0 saturated heterocycles. The second-order valence-electron chi connectivity index (χ2n) is 7.22. The van der Waals surface area contributed by atoms with E-state index in [1.165, 1.54) is 42.3 Å². The van der Waals surface area contributed by atoms with Crippen molar-refractivity contribution in [2.75, 3.05) is 28.4 Å². The fourth-order valence-electron chi connectivity index (χ4n) is 3.80. The molecule has 0 aliphatic heterocycles. The Morgan fingerprint density at radius 2 is 0.806 bits per heavy atom. The summed E-state index contributed by atoms with van der Waals surface area (Å²) < 4.78 is 20.6. The van der Waals surface area contributed by atoms with Gasteiger partial charge in [0.15, 0.2) is 23.0 Å². The average Bonchev–Trinajstić information content (AvgIpc) is 2.75. The molecule has 2 rings (SSSR count). The van der Waals surface area contributed by atoms with Crippen LogP contribution in [0.2, 0.25) is 0 Å². The van der Waals surface area contributed by atoms with Crippen molar-refractivity contribution in [3.05, 3.63) is 45.3 Å². The smallest absolute Gasteiger partial charge is 0.227 e. The van der Waals surface area contributed by atoms with Crippen LogP contribution in [0.1, 0.15) is 46.0 Å². The Morgan fingerprint density at radius 3 is 1.10 bits per heavy atom. The predicted octanol–water partition coefficient (Wildman–Crippen LogP) is 2.88. The summed E-state index contributed by atoms with van der Waals surface area (Å²) in [6.07, 6.45) is 2.49. The van der Waals surface area contributed by atoms with Gasteiger partial charge in [-0.25, -0.2) is 0 Å². The third-order valence-corrected chi connectivity index (χ3v) is 5.45. The molecule has 0 amide bonds. The molecule has 168 valence electrons. The maximum Gasteiger partial charge on any atom is 0.227 e. The molecule has 0 atom stereocenters. The van der Waals surface area contributed by atoms with E-state index in [0.29, 0.717) is 32.1 Å². The lowest BCUT2D eigenvalue weighted by atomic mass is 9.89. The minimum atomic E-state index is -0.357. The summed E-state index contributed by atoms with van der Waals surface area (Å²) in [4.78, 5) is 50.2. The van der Waals surface area contributed by atoms with Crippen LogP contribution in [0.25, 0.3) is 0 Å². The molecule has 0 unspecified atom stereocenters. The number of rotatable bonds is 10. The van der Waals surface area contributed by atoms with E-state index in [4.69, 9.17) is 18.9 Å². The minimum absolute atomic E-state index is 0.0382. The van der Waals surface area contributed by atoms with Crippen molar-refractivity contribution in [2.45, 2.75) is 46.0 Å². The standard InChI is InChI=1S/C23H28O8/c1-12-16(24)22(30-5)14(18(26)20(12)28-3)10-8-7-9-11-15-19(27)21(29-4)13(2)17(25)23(15)31-6/h7-11H2,1-6H3. The molecule has 0 radical (unpaired) electrons. The molecule has 8 nitrogen and oxygen atoms in total. The van der Waals surface area contributed by atoms with Crippen LogP contribution in [0.15, 0.2) is 45.3 Å². The lowest BCUT2D eigenvalue weighted by molar-refractivity contribution is -0.121. The molecule has 2 aliphatic rings. The Kier molecular flexibility index (Phi) is 7.96. The Balaban J connectivity index is 2.05. The monoisotopic (exact) mass is 432 g/mol. The highest BCUT2D eigenvalue weighted by molar-refractivity contribution is 6.24. The fourth-order valence-corrected chi connectivity index (χ4v) is 3.80. The molecular weight excluding hydrogens is 404 g/mol. The van der Waals surface area contributed by atoms with E-state index < -0.39 is 0 Å². The normalized spacial score (nSPS) is 17.7. The third-order valence-electron chi connectivity index (χ3n) is 5.45. The summed E-state index contributed by atoms with van der Waals surface area (Å²) in [6, 6.07) is 0. The van der Waals surface area contributed by atoms with Crippen LogP contribution in [-0.2, 0) is 38.1 Å². The van der Waals surface area contributed by atoms with Crippen LogP contribution >= 0.6 is 0 Å². The van der Waals surface area contributed by atoms with Crippen LogP contribution in [0.4, 0.5) is 0 Å². The molecule has 0 aromatic carbocycles. The topological polar surface area (TPSA) is 105 Å². The molecule has 8 heteroatoms. The van der Waals surface area contributed by atoms with Crippen LogP contribution in [0.3, 0.4) is 0 Å². The molecular formula is C23H28O8. The second kappa shape index (κ2) is 10.2. The first-order chi connectivity index (χ1) is 14.7. The minimum Gasteiger partial charge on any atom is -0.492 e. The Morgan fingerprint density at radius 1 is 0.484 bits per heavy atom. The number of allylic oxidation sites excluding steroid dienone is 4. The lowest BCUT2D eigenvalue weighted by Gasteiger charge is -2.21. The van der Waals surface area contributed by atoms with Crippen molar-refractivity contribution in [1.29, 1.82) is 0 Å². The van der Waals surface area contributed by atoms with E-state index in [0.717, 1.165) is 0 Å². The van der Waals surface area contributed by atoms with Gasteiger partial charge in [0.05, 0.1) is 28.4 Å². The molecule has 0 aromatic heterocycles. The summed E-state index contributed by atoms with van der Waals surface area (Å²) in [7, 11) is 5.43. The van der Waals surface area contributed by atoms with Crippen molar-refractivity contribution in [3.8, 4) is 0 Å². The maximum absolute atomic E-state index is 12.7. The quantitative estimate of drug-likeness (QED) is 0.383. The predicted molar refractivity (Wildman–Crippen MR) is 111 cm³/mol. The van der Waals surface area contributed by atoms with E-state index in [2.05, 4.69) is 0 Å². The van der Waals surface area contributed by atoms with Gasteiger partial charge in [0.2, 0.25) is 23.1 Å². The summed E-state index contributed by atoms with van der Waals surface area (Å²) in [5.74, 6) is -1.24. The number of carbonyl (C=O) groups is 4. The molecule has 0 spiro atoms. The largest absolute Gasteiger partial charge is 0.492 e. The van der Waals surface area contributed by atoms with Gasteiger partial charge in [-0.15, -0.1) is 0 Å². The molecule has 0 aromatic rings. The zero-order valence-electron chi connectivity index (χ0n) is 18.8. The highest BCUT2D eigenvalue weighted by Gasteiger charge is 2.35. The van der Waals surface area contributed by atoms with Crippen molar-refractivity contribution in [3.63, 3.8) is 0 Å². The van der Waals surface area contributed by atoms with Gasteiger partial charge in [-0.3, -0.25) is 19.2 Å². The Hall–Kier alpha value is -3.16. The molecule has 0 saturated carbocycles. The van der Waals surface area contributed by atoms with Crippen molar-refractivity contribution >= 4 is 23.1 Å². The first-order valence-corrected chi connectivity index (χ1v) is 9.97. The number of ether oxygens (including phenoxy) is 4. The summed E-state index contributed by atoms with van der Waals surface area (Å²) in [5, 5.41) is 0. The van der Waals surface area contributed by atoms with Crippen molar-refractivity contribution in [1.82, 2.24) is 0 Å². The highest BCUT2D eigenvalue weighted by atomic mass is 16.5. The van der Waals surface area contributed by atoms with E-state index in [1.807, 2.05) is 0 Å². The van der Waals surface area contributed by atoms with Gasteiger partial charge in [-0.2, -0.15) is 0 Å². The zero-order chi connectivity index (χ0) is 23.3. The number of unbranched alkanes of at least 4 members (excludes halogenated alkanes) is 2. The summed E-state index contributed by atoms with van der Waals surface area (Å²) in [5.41, 5.74) is 1.03. The third kappa shape index (κ3) is 4.47. The van der Waals surface area contributed by atoms with E-state index in [1.54, 1.807) is 0 Å². The van der Waals surface area contributed by atoms with Crippen molar-refractivity contribution < 1.29 is 38.1 Å². The van der Waals surface area contributed by atoms with Gasteiger partial charge in [0.25, 0.3) is 0 Å². The van der Waals surface area contributed by atoms with Gasteiger partial charge in [-0.05, 0) is 39.5 Å². The molecule has 0 N–H and O–H groups in total. The summed E-state index contributed by atoms with van der Waals surface area (Å²) in [6.45, 7) is 3.06. The fraction of sp³-hybridized carbons (Fsp3) is 0.478. The highest BCUT2D eigenvalue weighted by Crippen LogP contribution is 2.31. The van der Waals surface area contributed by atoms with Crippen LogP contribution in [0.5, 0.6) is 0 Å². The number of hydrogen-bond acceptors (Lipinski definition) is 8. The number of hydrogen-bond donors (Lipinski definition) is 0. The van der Waals surface area contributed by atoms with Gasteiger partial charge >= 0.3 is 0 Å². The zero-order valence-corrected chi connectivity index (χ0v) is 18.8. The number of ketones is 4. The molecule has 0 fully saturated rings. The SMILES string of the molecule is COC1=C(C)C(=O)C(OC)=C(CCCCCC2=C(OC)C(=O)C(C)=C(OC)C2=O)C1=O. The maximum atomic E-state index is 12.7. The second-order valence-corrected chi connectivity index (χ2v) is 7.22. The molecule has 2 aliphatic carbocycles. The van der Waals surface area contributed by atoms with Gasteiger partial charge in [-0.1, -0.05) is 6.42 Å². The van der Waals surface area contributed by atoms with Crippen LogP contribution in [-0.4, -0.2) is 51.6 Å². The summed E-state index contributed by atoms with van der Waals surface area (Å²) >= 11 is 0. The Labute approximate surface area is 181 Å². The first-order valence-electron chi connectivity index (χ1n) is 9.97. The van der Waals surface area contributed by atoms with Crippen LogP contribution < -0.4 is 0 Å². The van der Waals surface area contributed by atoms with Gasteiger partial charge in [0, 0.05) is 22.3 Å². The van der Waals surface area contributed by atoms with Crippen LogP contribution in [0, 0.1) is 0 Å². The number of methoxy groups -OCH3 is 4.